The van der Waals surface area contributed by atoms with Crippen molar-refractivity contribution in [2.45, 2.75) is 38.1 Å². The van der Waals surface area contributed by atoms with Crippen LogP contribution in [0.4, 0.5) is 11.4 Å². The summed E-state index contributed by atoms with van der Waals surface area (Å²) in [5.74, 6) is 3.63. The predicted molar refractivity (Wildman–Crippen MR) is 250 cm³/mol. The monoisotopic (exact) mass is 890 g/mol. The van der Waals surface area contributed by atoms with E-state index in [9.17, 15) is 9.59 Å². The summed E-state index contributed by atoms with van der Waals surface area (Å²) < 4.78 is 46.6. The van der Waals surface area contributed by atoms with Gasteiger partial charge in [-0.25, -0.2) is 9.98 Å². The van der Waals surface area contributed by atoms with Gasteiger partial charge >= 0.3 is 0 Å². The number of nitrogens with zero attached hydrogens (tertiary/aromatic N) is 4. The fourth-order valence-corrected chi connectivity index (χ4v) is 8.76. The van der Waals surface area contributed by atoms with Gasteiger partial charge in [0.15, 0.2) is 23.0 Å². The Morgan fingerprint density at radius 3 is 1.30 bits per heavy atom. The summed E-state index contributed by atoms with van der Waals surface area (Å²) in [4.78, 5) is 41.5. The normalized spacial score (nSPS) is 17.5. The van der Waals surface area contributed by atoms with Crippen LogP contribution in [0.1, 0.15) is 55.8 Å². The maximum absolute atomic E-state index is 14.1. The minimum Gasteiger partial charge on any atom is -0.497 e. The molecule has 2 amide bonds. The molecule has 0 N–H and O–H groups in total. The van der Waals surface area contributed by atoms with Crippen molar-refractivity contribution in [1.29, 1.82) is 0 Å². The highest BCUT2D eigenvalue weighted by molar-refractivity contribution is 6.08. The molecule has 338 valence electrons. The Kier molecular flexibility index (Phi) is 12.4. The van der Waals surface area contributed by atoms with E-state index < -0.39 is 12.1 Å². The van der Waals surface area contributed by atoms with E-state index in [2.05, 4.69) is 0 Å². The molecule has 66 heavy (non-hydrogen) atoms. The molecule has 0 radical (unpaired) electrons. The molecule has 0 unspecified atom stereocenters. The van der Waals surface area contributed by atoms with Crippen LogP contribution in [0.15, 0.2) is 119 Å². The van der Waals surface area contributed by atoms with Gasteiger partial charge in [-0.1, -0.05) is 42.5 Å². The van der Waals surface area contributed by atoms with Crippen molar-refractivity contribution in [2.24, 2.45) is 9.98 Å². The highest BCUT2D eigenvalue weighted by Crippen LogP contribution is 2.42. The molecule has 4 heterocycles. The third-order valence-electron chi connectivity index (χ3n) is 12.3. The van der Waals surface area contributed by atoms with Crippen LogP contribution in [-0.2, 0) is 22.7 Å². The second kappa shape index (κ2) is 18.8. The fourth-order valence-electron chi connectivity index (χ4n) is 8.76. The number of rotatable bonds is 12. The summed E-state index contributed by atoms with van der Waals surface area (Å²) in [5.41, 5.74) is 7.64. The second-order valence-electron chi connectivity index (χ2n) is 16.0. The van der Waals surface area contributed by atoms with Crippen LogP contribution in [0.25, 0.3) is 11.1 Å². The summed E-state index contributed by atoms with van der Waals surface area (Å²) in [7, 11) is 9.49. The van der Waals surface area contributed by atoms with Gasteiger partial charge in [0.2, 0.25) is 11.8 Å². The number of ether oxygens (including phenoxy) is 8. The van der Waals surface area contributed by atoms with Crippen LogP contribution in [0, 0.1) is 0 Å². The molecule has 0 saturated heterocycles. The SMILES string of the molecule is COC1=Nc2cc(OCc3cccc(COc4cc5c(cc4OC)C(=O)N4CCC(c6ccc(OC)cc6)=C[C@H]4C(OC)=N5)c3)c(OC)cc2C(=O)N2CCC(c3ccc(OC)cc3)=C[C@@H]12. The molecule has 9 rings (SSSR count). The molecule has 2 atom stereocenters. The van der Waals surface area contributed by atoms with E-state index in [-0.39, 0.29) is 25.0 Å². The van der Waals surface area contributed by atoms with Gasteiger partial charge in [-0.15, -0.1) is 0 Å². The molecular weight excluding hydrogens is 841 g/mol. The molecule has 0 saturated carbocycles. The van der Waals surface area contributed by atoms with Crippen molar-refractivity contribution in [2.75, 3.05) is 55.7 Å². The molecule has 5 aromatic rings. The van der Waals surface area contributed by atoms with Gasteiger partial charge < -0.3 is 47.7 Å². The number of amides is 2. The van der Waals surface area contributed by atoms with Crippen LogP contribution in [0.5, 0.6) is 34.5 Å². The average molecular weight is 891 g/mol. The summed E-state index contributed by atoms with van der Waals surface area (Å²) in [5, 5.41) is 0. The zero-order valence-corrected chi connectivity index (χ0v) is 37.7. The van der Waals surface area contributed by atoms with Crippen molar-refractivity contribution in [1.82, 2.24) is 9.80 Å². The molecule has 14 nitrogen and oxygen atoms in total. The fraction of sp³-hybridized carbons (Fsp3) is 0.269. The first kappa shape index (κ1) is 43.5. The molecule has 0 fully saturated rings. The number of methoxy groups -OCH3 is 6. The number of carbonyl (C=O) groups is 2. The third-order valence-corrected chi connectivity index (χ3v) is 12.3. The topological polar surface area (TPSA) is 139 Å². The summed E-state index contributed by atoms with van der Waals surface area (Å²) in [6.07, 6.45) is 5.41. The Balaban J connectivity index is 0.919. The van der Waals surface area contributed by atoms with Crippen LogP contribution in [0.3, 0.4) is 0 Å². The number of hydrogen-bond acceptors (Lipinski definition) is 12. The molecule has 5 aromatic carbocycles. The van der Waals surface area contributed by atoms with Gasteiger partial charge in [-0.05, 0) is 101 Å². The van der Waals surface area contributed by atoms with Crippen molar-refractivity contribution in [3.63, 3.8) is 0 Å². The maximum atomic E-state index is 14.1. The molecule has 0 bridgehead atoms. The van der Waals surface area contributed by atoms with Crippen LogP contribution in [0.2, 0.25) is 0 Å². The van der Waals surface area contributed by atoms with Crippen LogP contribution < -0.4 is 28.4 Å². The van der Waals surface area contributed by atoms with Gasteiger partial charge in [-0.2, -0.15) is 0 Å². The Hall–Kier alpha value is -7.74. The minimum atomic E-state index is -0.496. The molecule has 4 aliphatic rings. The number of hydrogen-bond donors (Lipinski definition) is 0. The zero-order chi connectivity index (χ0) is 45.9. The first-order chi connectivity index (χ1) is 32.2. The van der Waals surface area contributed by atoms with E-state index in [0.29, 0.717) is 83.2 Å². The predicted octanol–water partition coefficient (Wildman–Crippen LogP) is 8.86. The van der Waals surface area contributed by atoms with Gasteiger partial charge in [0.25, 0.3) is 11.8 Å². The van der Waals surface area contributed by atoms with Gasteiger partial charge in [0.05, 0.1) is 65.2 Å². The van der Waals surface area contributed by atoms with E-state index in [1.807, 2.05) is 84.9 Å². The van der Waals surface area contributed by atoms with Crippen molar-refractivity contribution in [3.05, 3.63) is 143 Å². The van der Waals surface area contributed by atoms with E-state index in [1.54, 1.807) is 76.7 Å². The molecule has 14 heteroatoms. The highest BCUT2D eigenvalue weighted by atomic mass is 16.5. The van der Waals surface area contributed by atoms with Gasteiger partial charge in [0, 0.05) is 25.2 Å². The standard InChI is InChI=1S/C52H50N4O10/c1-59-37-14-10-33(11-15-37)35-18-20-55-43(23-35)49(63-5)53-41-27-47(45(61-3)25-39(41)51(55)57)65-29-31-8-7-9-32(22-31)30-66-48-28-42-40(26-46(48)62-4)52(58)56-21-19-36(24-44(56)50(54-42)64-6)34-12-16-38(60-2)17-13-34/h7-17,22-28,43-44H,18-21,29-30H2,1-6H3/t43-,44-/m0/s1. The van der Waals surface area contributed by atoms with E-state index in [1.165, 1.54) is 0 Å². The van der Waals surface area contributed by atoms with Crippen molar-refractivity contribution < 1.29 is 47.5 Å². The molecule has 0 spiro atoms. The Morgan fingerprint density at radius 1 is 0.500 bits per heavy atom. The van der Waals surface area contributed by atoms with Gasteiger partial charge in [-0.3, -0.25) is 9.59 Å². The molecule has 0 aliphatic carbocycles. The Bertz CT molecular complexity index is 2610. The third kappa shape index (κ3) is 8.49. The minimum absolute atomic E-state index is 0.177. The highest BCUT2D eigenvalue weighted by Gasteiger charge is 2.38. The van der Waals surface area contributed by atoms with Crippen LogP contribution in [-0.4, -0.2) is 101 Å². The summed E-state index contributed by atoms with van der Waals surface area (Å²) in [6.45, 7) is 1.34. The Labute approximate surface area is 383 Å². The molecule has 4 aliphatic heterocycles. The quantitative estimate of drug-likeness (QED) is 0.119. The summed E-state index contributed by atoms with van der Waals surface area (Å²) >= 11 is 0. The van der Waals surface area contributed by atoms with Crippen molar-refractivity contribution in [3.8, 4) is 34.5 Å². The smallest absolute Gasteiger partial charge is 0.257 e. The second-order valence-corrected chi connectivity index (χ2v) is 16.0. The van der Waals surface area contributed by atoms with Gasteiger partial charge in [0.1, 0.15) is 36.8 Å². The lowest BCUT2D eigenvalue weighted by Crippen LogP contribution is -2.46. The van der Waals surface area contributed by atoms with E-state index in [4.69, 9.17) is 47.9 Å². The number of aliphatic imine (C=N–C) groups is 2. The van der Waals surface area contributed by atoms with E-state index >= 15 is 0 Å². The zero-order valence-electron chi connectivity index (χ0n) is 37.7. The number of benzene rings is 5. The molecular formula is C52H50N4O10. The first-order valence-electron chi connectivity index (χ1n) is 21.6. The lowest BCUT2D eigenvalue weighted by Gasteiger charge is -2.33. The maximum Gasteiger partial charge on any atom is 0.257 e. The lowest BCUT2D eigenvalue weighted by atomic mass is 9.95. The van der Waals surface area contributed by atoms with Crippen LogP contribution >= 0.6 is 0 Å². The number of carbonyl (C=O) groups excluding carboxylic acids is 2. The van der Waals surface area contributed by atoms with Crippen molar-refractivity contribution >= 4 is 46.1 Å². The largest absolute Gasteiger partial charge is 0.497 e. The number of fused-ring (bicyclic) bond motifs is 4. The first-order valence-corrected chi connectivity index (χ1v) is 21.6. The Morgan fingerprint density at radius 2 is 0.924 bits per heavy atom. The lowest BCUT2D eigenvalue weighted by molar-refractivity contribution is 0.0731. The summed E-state index contributed by atoms with van der Waals surface area (Å²) in [6, 6.07) is 29.4. The average Bonchev–Trinajstić information content (AvgIpc) is 3.56. The molecule has 0 aromatic heterocycles. The van der Waals surface area contributed by atoms with E-state index in [0.717, 1.165) is 44.9 Å².